The Morgan fingerprint density at radius 3 is 2.29 bits per heavy atom. The van der Waals surface area contributed by atoms with Crippen molar-refractivity contribution in [1.82, 2.24) is 0 Å². The molecule has 0 saturated heterocycles. The number of ether oxygens (including phenoxy) is 1. The second-order valence-corrected chi connectivity index (χ2v) is 6.59. The first kappa shape index (κ1) is 14.0. The van der Waals surface area contributed by atoms with Crippen molar-refractivity contribution in [2.24, 2.45) is 0 Å². The van der Waals surface area contributed by atoms with Crippen molar-refractivity contribution >= 4 is 11.4 Å². The minimum atomic E-state index is -0.102. The third-order valence-corrected chi connectivity index (χ3v) is 4.40. The van der Waals surface area contributed by atoms with Crippen LogP contribution in [0, 0.1) is 20.8 Å². The summed E-state index contributed by atoms with van der Waals surface area (Å²) in [5, 5.41) is 3.58. The summed E-state index contributed by atoms with van der Waals surface area (Å²) in [4.78, 5) is 0. The molecule has 0 radical (unpaired) electrons. The molecule has 1 aliphatic heterocycles. The first-order valence-electron chi connectivity index (χ1n) is 7.53. The maximum absolute atomic E-state index is 6.16. The zero-order valence-corrected chi connectivity index (χ0v) is 13.5. The van der Waals surface area contributed by atoms with Gasteiger partial charge in [-0.25, -0.2) is 0 Å². The van der Waals surface area contributed by atoms with Crippen molar-refractivity contribution in [3.63, 3.8) is 0 Å². The highest BCUT2D eigenvalue weighted by Crippen LogP contribution is 2.44. The third kappa shape index (κ3) is 2.39. The number of hydrogen-bond donors (Lipinski definition) is 1. The minimum Gasteiger partial charge on any atom is -0.487 e. The van der Waals surface area contributed by atoms with Gasteiger partial charge in [0.2, 0.25) is 0 Å². The number of nitrogens with one attached hydrogen (secondary N) is 1. The number of hydrogen-bond acceptors (Lipinski definition) is 2. The van der Waals surface area contributed by atoms with Crippen LogP contribution < -0.4 is 10.1 Å². The monoisotopic (exact) mass is 281 g/mol. The maximum Gasteiger partial charge on any atom is 0.127 e. The summed E-state index contributed by atoms with van der Waals surface area (Å²) in [6.07, 6.45) is 0.971. The van der Waals surface area contributed by atoms with Crippen LogP contribution in [0.5, 0.6) is 5.75 Å². The lowest BCUT2D eigenvalue weighted by Crippen LogP contribution is -2.24. The number of para-hydroxylation sites is 1. The largest absolute Gasteiger partial charge is 0.487 e. The van der Waals surface area contributed by atoms with Gasteiger partial charge in [0.05, 0.1) is 0 Å². The Kier molecular flexibility index (Phi) is 3.20. The second kappa shape index (κ2) is 4.80. The Hall–Kier alpha value is -1.96. The van der Waals surface area contributed by atoms with Gasteiger partial charge in [-0.2, -0.15) is 0 Å². The van der Waals surface area contributed by atoms with E-state index in [9.17, 15) is 0 Å². The smallest absolute Gasteiger partial charge is 0.127 e. The van der Waals surface area contributed by atoms with Crippen LogP contribution in [-0.4, -0.2) is 5.60 Å². The summed E-state index contributed by atoms with van der Waals surface area (Å²) in [7, 11) is 0. The molecule has 1 N–H and O–H groups in total. The van der Waals surface area contributed by atoms with Gasteiger partial charge in [-0.3, -0.25) is 0 Å². The molecule has 0 unspecified atom stereocenters. The van der Waals surface area contributed by atoms with Gasteiger partial charge in [-0.15, -0.1) is 0 Å². The van der Waals surface area contributed by atoms with Crippen molar-refractivity contribution in [2.45, 2.75) is 46.6 Å². The lowest BCUT2D eigenvalue weighted by atomic mass is 9.92. The summed E-state index contributed by atoms with van der Waals surface area (Å²) >= 11 is 0. The van der Waals surface area contributed by atoms with Gasteiger partial charge in [0, 0.05) is 23.4 Å². The molecule has 2 heteroatoms. The predicted molar refractivity (Wildman–Crippen MR) is 88.8 cm³/mol. The standard InChI is InChI=1S/C19H23NO/c1-12-13(2)18-16(11-19(4,5)21-18)14(3)17(12)20-15-9-7-6-8-10-15/h6-10,20H,11H2,1-5H3. The Balaban J connectivity index is 2.10. The molecular formula is C19H23NO. The predicted octanol–water partition coefficient (Wildman–Crippen LogP) is 5.07. The quantitative estimate of drug-likeness (QED) is 0.830. The molecule has 2 aromatic carbocycles. The van der Waals surface area contributed by atoms with E-state index in [4.69, 9.17) is 4.74 Å². The van der Waals surface area contributed by atoms with E-state index in [2.05, 4.69) is 64.2 Å². The van der Waals surface area contributed by atoms with Crippen molar-refractivity contribution < 1.29 is 4.74 Å². The minimum absolute atomic E-state index is 0.102. The Morgan fingerprint density at radius 2 is 1.62 bits per heavy atom. The number of benzene rings is 2. The Bertz CT molecular complexity index is 687. The molecule has 0 spiro atoms. The van der Waals surface area contributed by atoms with Gasteiger partial charge in [-0.1, -0.05) is 18.2 Å². The maximum atomic E-state index is 6.16. The van der Waals surface area contributed by atoms with E-state index >= 15 is 0 Å². The van der Waals surface area contributed by atoms with Crippen molar-refractivity contribution in [3.05, 3.63) is 52.6 Å². The van der Waals surface area contributed by atoms with Crippen LogP contribution in [-0.2, 0) is 6.42 Å². The normalized spacial score (nSPS) is 15.5. The summed E-state index contributed by atoms with van der Waals surface area (Å²) < 4.78 is 6.16. The fourth-order valence-corrected chi connectivity index (χ4v) is 3.13. The third-order valence-electron chi connectivity index (χ3n) is 4.40. The Morgan fingerprint density at radius 1 is 0.952 bits per heavy atom. The van der Waals surface area contributed by atoms with Gasteiger partial charge >= 0.3 is 0 Å². The van der Waals surface area contributed by atoms with Crippen LogP contribution in [0.3, 0.4) is 0 Å². The summed E-state index contributed by atoms with van der Waals surface area (Å²) in [6, 6.07) is 10.3. The molecule has 0 amide bonds. The van der Waals surface area contributed by atoms with Gasteiger partial charge in [0.15, 0.2) is 0 Å². The van der Waals surface area contributed by atoms with Gasteiger partial charge < -0.3 is 10.1 Å². The van der Waals surface area contributed by atoms with E-state index in [1.54, 1.807) is 0 Å². The van der Waals surface area contributed by atoms with Crippen molar-refractivity contribution in [3.8, 4) is 5.75 Å². The molecule has 0 bridgehead atoms. The van der Waals surface area contributed by atoms with E-state index in [0.29, 0.717) is 0 Å². The zero-order chi connectivity index (χ0) is 15.2. The molecule has 3 rings (SSSR count). The molecule has 21 heavy (non-hydrogen) atoms. The average Bonchev–Trinajstić information content (AvgIpc) is 2.79. The average molecular weight is 281 g/mol. The topological polar surface area (TPSA) is 21.3 Å². The van der Waals surface area contributed by atoms with Crippen LogP contribution in [0.4, 0.5) is 11.4 Å². The summed E-state index contributed by atoms with van der Waals surface area (Å²) in [5.41, 5.74) is 7.42. The molecule has 1 heterocycles. The molecule has 2 aromatic rings. The molecule has 0 aromatic heterocycles. The lowest BCUT2D eigenvalue weighted by Gasteiger charge is -2.19. The van der Waals surface area contributed by atoms with E-state index in [1.807, 2.05) is 6.07 Å². The zero-order valence-electron chi connectivity index (χ0n) is 13.5. The van der Waals surface area contributed by atoms with E-state index < -0.39 is 0 Å². The van der Waals surface area contributed by atoms with E-state index in [-0.39, 0.29) is 5.60 Å². The molecule has 110 valence electrons. The van der Waals surface area contributed by atoms with Gasteiger partial charge in [0.1, 0.15) is 11.4 Å². The molecule has 0 aliphatic carbocycles. The highest BCUT2D eigenvalue weighted by molar-refractivity contribution is 5.73. The molecule has 1 aliphatic rings. The fraction of sp³-hybridized carbons (Fsp3) is 0.368. The van der Waals surface area contributed by atoms with Crippen LogP contribution in [0.25, 0.3) is 0 Å². The molecular weight excluding hydrogens is 258 g/mol. The van der Waals surface area contributed by atoms with Crippen molar-refractivity contribution in [1.29, 1.82) is 0 Å². The number of anilines is 2. The summed E-state index contributed by atoms with van der Waals surface area (Å²) in [5.74, 6) is 1.09. The molecule has 0 fully saturated rings. The number of rotatable bonds is 2. The fourth-order valence-electron chi connectivity index (χ4n) is 3.13. The van der Waals surface area contributed by atoms with Gasteiger partial charge in [0.25, 0.3) is 0 Å². The molecule has 0 atom stereocenters. The van der Waals surface area contributed by atoms with Crippen LogP contribution in [0.1, 0.15) is 36.1 Å². The SMILES string of the molecule is Cc1c(C)c2c(c(C)c1Nc1ccccc1)CC(C)(C)O2. The highest BCUT2D eigenvalue weighted by Gasteiger charge is 2.34. The first-order valence-corrected chi connectivity index (χ1v) is 7.53. The first-order chi connectivity index (χ1) is 9.89. The molecule has 0 saturated carbocycles. The Labute approximate surface area is 127 Å². The van der Waals surface area contributed by atoms with E-state index in [0.717, 1.165) is 17.9 Å². The van der Waals surface area contributed by atoms with Crippen LogP contribution in [0.15, 0.2) is 30.3 Å². The highest BCUT2D eigenvalue weighted by atomic mass is 16.5. The number of fused-ring (bicyclic) bond motifs is 1. The summed E-state index contributed by atoms with van der Waals surface area (Å²) in [6.45, 7) is 10.8. The molecule has 2 nitrogen and oxygen atoms in total. The van der Waals surface area contributed by atoms with Gasteiger partial charge in [-0.05, 0) is 63.4 Å². The van der Waals surface area contributed by atoms with Crippen LogP contribution >= 0.6 is 0 Å². The van der Waals surface area contributed by atoms with Crippen molar-refractivity contribution in [2.75, 3.05) is 5.32 Å². The lowest BCUT2D eigenvalue weighted by molar-refractivity contribution is 0.137. The second-order valence-electron chi connectivity index (χ2n) is 6.59. The van der Waals surface area contributed by atoms with E-state index in [1.165, 1.54) is 27.9 Å². The van der Waals surface area contributed by atoms with Crippen LogP contribution in [0.2, 0.25) is 0 Å².